The van der Waals surface area contributed by atoms with Crippen LogP contribution >= 0.6 is 34.8 Å². The Labute approximate surface area is 121 Å². The van der Waals surface area contributed by atoms with Crippen molar-refractivity contribution in [3.8, 4) is 11.4 Å². The van der Waals surface area contributed by atoms with Crippen molar-refractivity contribution in [2.75, 3.05) is 0 Å². The first-order valence-electron chi connectivity index (χ1n) is 5.51. The molecule has 0 aliphatic heterocycles. The molecule has 1 heterocycles. The van der Waals surface area contributed by atoms with Gasteiger partial charge in [0, 0.05) is 16.8 Å². The molecule has 94 valence electrons. The van der Waals surface area contributed by atoms with E-state index >= 15 is 0 Å². The normalized spacial score (nSPS) is 10.7. The van der Waals surface area contributed by atoms with Crippen molar-refractivity contribution in [2.24, 2.45) is 0 Å². The van der Waals surface area contributed by atoms with Gasteiger partial charge in [0.15, 0.2) is 5.82 Å². The second kappa shape index (κ2) is 5.43. The van der Waals surface area contributed by atoms with Crippen LogP contribution in [0.4, 0.5) is 0 Å². The molecule has 5 heteroatoms. The summed E-state index contributed by atoms with van der Waals surface area (Å²) in [6.45, 7) is 3.95. The van der Waals surface area contributed by atoms with Gasteiger partial charge in [-0.3, -0.25) is 0 Å². The molecule has 2 nitrogen and oxygen atoms in total. The minimum atomic E-state index is 0.478. The molecule has 0 unspecified atom stereocenters. The first-order valence-corrected chi connectivity index (χ1v) is 6.64. The Hall–Kier alpha value is -0.830. The zero-order chi connectivity index (χ0) is 13.3. The van der Waals surface area contributed by atoms with Crippen molar-refractivity contribution in [1.82, 2.24) is 9.97 Å². The fourth-order valence-electron chi connectivity index (χ4n) is 1.73. The van der Waals surface area contributed by atoms with E-state index in [4.69, 9.17) is 34.8 Å². The minimum Gasteiger partial charge on any atom is -0.233 e. The molecule has 0 radical (unpaired) electrons. The van der Waals surface area contributed by atoms with E-state index in [1.165, 1.54) is 0 Å². The minimum absolute atomic E-state index is 0.478. The Morgan fingerprint density at radius 1 is 1.06 bits per heavy atom. The SMILES string of the molecule is CCc1c(C)nc(-c2ccc(Cl)c(Cl)c2)nc1Cl. The van der Waals surface area contributed by atoms with Crippen LogP contribution in [-0.2, 0) is 6.42 Å². The summed E-state index contributed by atoms with van der Waals surface area (Å²) in [7, 11) is 0. The summed E-state index contributed by atoms with van der Waals surface area (Å²) in [6, 6.07) is 5.28. The average molecular weight is 302 g/mol. The summed E-state index contributed by atoms with van der Waals surface area (Å²) in [5, 5.41) is 1.48. The van der Waals surface area contributed by atoms with Gasteiger partial charge < -0.3 is 0 Å². The molecular weight excluding hydrogens is 291 g/mol. The molecule has 0 aliphatic rings. The van der Waals surface area contributed by atoms with Gasteiger partial charge in [-0.15, -0.1) is 0 Å². The highest BCUT2D eigenvalue weighted by molar-refractivity contribution is 6.42. The van der Waals surface area contributed by atoms with E-state index in [9.17, 15) is 0 Å². The van der Waals surface area contributed by atoms with Crippen molar-refractivity contribution in [3.05, 3.63) is 44.7 Å². The largest absolute Gasteiger partial charge is 0.233 e. The lowest BCUT2D eigenvalue weighted by Gasteiger charge is -2.08. The Balaban J connectivity index is 2.54. The Morgan fingerprint density at radius 3 is 2.33 bits per heavy atom. The Bertz CT molecular complexity index is 574. The summed E-state index contributed by atoms with van der Waals surface area (Å²) in [5.41, 5.74) is 2.66. The maximum atomic E-state index is 6.15. The fraction of sp³-hybridized carbons (Fsp3) is 0.231. The molecule has 0 aliphatic carbocycles. The molecular formula is C13H11Cl3N2. The average Bonchev–Trinajstić information content (AvgIpc) is 2.32. The van der Waals surface area contributed by atoms with Gasteiger partial charge in [0.1, 0.15) is 5.15 Å². The first-order chi connectivity index (χ1) is 8.52. The van der Waals surface area contributed by atoms with Crippen molar-refractivity contribution < 1.29 is 0 Å². The van der Waals surface area contributed by atoms with E-state index in [0.717, 1.165) is 23.2 Å². The van der Waals surface area contributed by atoms with Gasteiger partial charge in [0.2, 0.25) is 0 Å². The third-order valence-corrected chi connectivity index (χ3v) is 3.75. The molecule has 0 saturated carbocycles. The van der Waals surface area contributed by atoms with E-state index in [2.05, 4.69) is 9.97 Å². The maximum Gasteiger partial charge on any atom is 0.161 e. The van der Waals surface area contributed by atoms with Crippen molar-refractivity contribution >= 4 is 34.8 Å². The van der Waals surface area contributed by atoms with Crippen LogP contribution in [0, 0.1) is 6.92 Å². The number of halogens is 3. The molecule has 0 bridgehead atoms. The topological polar surface area (TPSA) is 25.8 Å². The number of aryl methyl sites for hydroxylation is 1. The zero-order valence-corrected chi connectivity index (χ0v) is 12.2. The molecule has 0 fully saturated rings. The molecule has 0 N–H and O–H groups in total. The van der Waals surface area contributed by atoms with E-state index in [1.54, 1.807) is 12.1 Å². The summed E-state index contributed by atoms with van der Waals surface area (Å²) in [5.74, 6) is 0.563. The highest BCUT2D eigenvalue weighted by Gasteiger charge is 2.11. The van der Waals surface area contributed by atoms with Crippen LogP contribution < -0.4 is 0 Å². The fourth-order valence-corrected chi connectivity index (χ4v) is 2.38. The zero-order valence-electron chi connectivity index (χ0n) is 9.97. The standard InChI is InChI=1S/C13H11Cl3N2/c1-3-9-7(2)17-13(18-12(9)16)8-4-5-10(14)11(15)6-8/h4-6H,3H2,1-2H3. The Morgan fingerprint density at radius 2 is 1.78 bits per heavy atom. The van der Waals surface area contributed by atoms with Crippen LogP contribution in [0.1, 0.15) is 18.2 Å². The van der Waals surface area contributed by atoms with Gasteiger partial charge in [-0.05, 0) is 31.5 Å². The second-order valence-electron chi connectivity index (χ2n) is 3.88. The predicted molar refractivity (Wildman–Crippen MR) is 76.6 cm³/mol. The highest BCUT2D eigenvalue weighted by Crippen LogP contribution is 2.28. The lowest BCUT2D eigenvalue weighted by molar-refractivity contribution is 1.00. The molecule has 1 aromatic carbocycles. The van der Waals surface area contributed by atoms with E-state index in [1.807, 2.05) is 19.9 Å². The summed E-state index contributed by atoms with van der Waals surface area (Å²) in [6.07, 6.45) is 0.812. The lowest BCUT2D eigenvalue weighted by atomic mass is 10.1. The number of aromatic nitrogens is 2. The van der Waals surface area contributed by atoms with E-state index < -0.39 is 0 Å². The summed E-state index contributed by atoms with van der Waals surface area (Å²) < 4.78 is 0. The van der Waals surface area contributed by atoms with Crippen LogP contribution in [0.2, 0.25) is 15.2 Å². The number of hydrogen-bond acceptors (Lipinski definition) is 2. The smallest absolute Gasteiger partial charge is 0.161 e. The van der Waals surface area contributed by atoms with Gasteiger partial charge >= 0.3 is 0 Å². The third-order valence-electron chi connectivity index (χ3n) is 2.69. The predicted octanol–water partition coefficient (Wildman–Crippen LogP) is 4.97. The molecule has 0 saturated heterocycles. The van der Waals surface area contributed by atoms with Gasteiger partial charge in [-0.2, -0.15) is 0 Å². The lowest BCUT2D eigenvalue weighted by Crippen LogP contribution is -1.99. The van der Waals surface area contributed by atoms with Crippen LogP contribution in [0.5, 0.6) is 0 Å². The third kappa shape index (κ3) is 2.61. The first kappa shape index (κ1) is 13.6. The number of nitrogens with zero attached hydrogens (tertiary/aromatic N) is 2. The van der Waals surface area contributed by atoms with Crippen LogP contribution in [0.15, 0.2) is 18.2 Å². The van der Waals surface area contributed by atoms with Crippen LogP contribution in [0.3, 0.4) is 0 Å². The van der Waals surface area contributed by atoms with E-state index in [0.29, 0.717) is 21.0 Å². The summed E-state index contributed by atoms with van der Waals surface area (Å²) >= 11 is 18.0. The van der Waals surface area contributed by atoms with Crippen molar-refractivity contribution in [3.63, 3.8) is 0 Å². The second-order valence-corrected chi connectivity index (χ2v) is 5.06. The molecule has 0 atom stereocenters. The molecule has 0 spiro atoms. The highest BCUT2D eigenvalue weighted by atomic mass is 35.5. The molecule has 18 heavy (non-hydrogen) atoms. The number of hydrogen-bond donors (Lipinski definition) is 0. The van der Waals surface area contributed by atoms with Gasteiger partial charge in [-0.1, -0.05) is 41.7 Å². The van der Waals surface area contributed by atoms with Gasteiger partial charge in [0.05, 0.1) is 10.0 Å². The molecule has 1 aromatic heterocycles. The van der Waals surface area contributed by atoms with Crippen LogP contribution in [0.25, 0.3) is 11.4 Å². The molecule has 2 rings (SSSR count). The number of rotatable bonds is 2. The summed E-state index contributed by atoms with van der Waals surface area (Å²) in [4.78, 5) is 8.75. The van der Waals surface area contributed by atoms with Gasteiger partial charge in [-0.25, -0.2) is 9.97 Å². The quantitative estimate of drug-likeness (QED) is 0.731. The van der Waals surface area contributed by atoms with Crippen molar-refractivity contribution in [2.45, 2.75) is 20.3 Å². The number of benzene rings is 1. The van der Waals surface area contributed by atoms with Crippen molar-refractivity contribution in [1.29, 1.82) is 0 Å². The molecule has 2 aromatic rings. The van der Waals surface area contributed by atoms with Gasteiger partial charge in [0.25, 0.3) is 0 Å². The van der Waals surface area contributed by atoms with Crippen LogP contribution in [-0.4, -0.2) is 9.97 Å². The maximum absolute atomic E-state index is 6.15. The van der Waals surface area contributed by atoms with E-state index in [-0.39, 0.29) is 0 Å². The Kier molecular flexibility index (Phi) is 4.10. The molecule has 0 amide bonds. The monoisotopic (exact) mass is 300 g/mol.